The average Bonchev–Trinajstić information content (AvgIpc) is 2.97. The van der Waals surface area contributed by atoms with E-state index in [1.807, 2.05) is 22.8 Å². The number of pyridine rings is 1. The first kappa shape index (κ1) is 15.4. The first-order chi connectivity index (χ1) is 11.6. The number of nitrogens with two attached hydrogens (primary N) is 1. The molecule has 118 valence electrons. The summed E-state index contributed by atoms with van der Waals surface area (Å²) in [6.07, 6.45) is 2.93. The van der Waals surface area contributed by atoms with Crippen LogP contribution in [0.1, 0.15) is 28.0 Å². The second-order valence-corrected chi connectivity index (χ2v) is 5.40. The summed E-state index contributed by atoms with van der Waals surface area (Å²) in [5.41, 5.74) is 8.69. The van der Waals surface area contributed by atoms with Crippen molar-refractivity contribution in [2.24, 2.45) is 5.73 Å². The van der Waals surface area contributed by atoms with E-state index in [-0.39, 0.29) is 12.3 Å². The first-order valence-corrected chi connectivity index (χ1v) is 7.37. The summed E-state index contributed by atoms with van der Waals surface area (Å²) >= 11 is 0. The highest BCUT2D eigenvalue weighted by molar-refractivity contribution is 5.86. The van der Waals surface area contributed by atoms with Crippen LogP contribution in [0, 0.1) is 11.3 Å². The number of carbonyl (C=O) groups is 2. The number of fused-ring (bicyclic) bond motifs is 1. The number of aromatic nitrogens is 2. The largest absolute Gasteiger partial charge is 0.370 e. The van der Waals surface area contributed by atoms with E-state index in [1.54, 1.807) is 18.2 Å². The van der Waals surface area contributed by atoms with Crippen LogP contribution in [0.15, 0.2) is 42.6 Å². The first-order valence-electron chi connectivity index (χ1n) is 7.37. The Labute approximate surface area is 138 Å². The fourth-order valence-electron chi connectivity index (χ4n) is 2.64. The summed E-state index contributed by atoms with van der Waals surface area (Å²) in [6.45, 7) is 0. The van der Waals surface area contributed by atoms with E-state index in [4.69, 9.17) is 11.0 Å². The van der Waals surface area contributed by atoms with Crippen molar-refractivity contribution in [2.45, 2.75) is 12.8 Å². The van der Waals surface area contributed by atoms with Gasteiger partial charge in [-0.2, -0.15) is 5.26 Å². The molecule has 0 radical (unpaired) electrons. The Morgan fingerprint density at radius 3 is 2.67 bits per heavy atom. The SMILES string of the molecule is N#Cc1ccc(-n2c(CCC(N)=O)cc3cc(C=O)cnc32)cc1. The molecule has 1 amide bonds. The molecule has 3 rings (SSSR count). The van der Waals surface area contributed by atoms with Crippen LogP contribution < -0.4 is 5.73 Å². The summed E-state index contributed by atoms with van der Waals surface area (Å²) < 4.78 is 1.91. The predicted octanol–water partition coefficient (Wildman–Crippen LogP) is 2.13. The van der Waals surface area contributed by atoms with E-state index in [0.717, 1.165) is 23.1 Å². The predicted molar refractivity (Wildman–Crippen MR) is 88.7 cm³/mol. The van der Waals surface area contributed by atoms with E-state index in [2.05, 4.69) is 11.1 Å². The lowest BCUT2D eigenvalue weighted by Gasteiger charge is -2.10. The van der Waals surface area contributed by atoms with E-state index < -0.39 is 0 Å². The van der Waals surface area contributed by atoms with Gasteiger partial charge in [-0.05, 0) is 42.8 Å². The van der Waals surface area contributed by atoms with Gasteiger partial charge in [0.1, 0.15) is 5.65 Å². The van der Waals surface area contributed by atoms with Gasteiger partial charge < -0.3 is 5.73 Å². The van der Waals surface area contributed by atoms with E-state index in [9.17, 15) is 9.59 Å². The zero-order valence-electron chi connectivity index (χ0n) is 12.8. The number of benzene rings is 1. The van der Waals surface area contributed by atoms with Crippen LogP contribution >= 0.6 is 0 Å². The lowest BCUT2D eigenvalue weighted by molar-refractivity contribution is -0.118. The second kappa shape index (κ2) is 6.34. The van der Waals surface area contributed by atoms with E-state index in [1.165, 1.54) is 6.20 Å². The Morgan fingerprint density at radius 1 is 1.29 bits per heavy atom. The Bertz CT molecular complexity index is 965. The molecule has 3 aromatic rings. The molecule has 0 saturated carbocycles. The lowest BCUT2D eigenvalue weighted by atomic mass is 10.2. The summed E-state index contributed by atoms with van der Waals surface area (Å²) in [5.74, 6) is -0.381. The molecule has 0 unspecified atom stereocenters. The number of amides is 1. The molecule has 0 aliphatic heterocycles. The normalized spacial score (nSPS) is 10.5. The minimum Gasteiger partial charge on any atom is -0.370 e. The summed E-state index contributed by atoms with van der Waals surface area (Å²) in [4.78, 5) is 26.5. The van der Waals surface area contributed by atoms with Crippen molar-refractivity contribution in [2.75, 3.05) is 0 Å². The summed E-state index contributed by atoms with van der Waals surface area (Å²) in [5, 5.41) is 9.74. The molecule has 0 fully saturated rings. The van der Waals surface area contributed by atoms with Gasteiger partial charge in [0.25, 0.3) is 0 Å². The smallest absolute Gasteiger partial charge is 0.217 e. The van der Waals surface area contributed by atoms with Crippen LogP contribution in [-0.2, 0) is 11.2 Å². The van der Waals surface area contributed by atoms with Crippen molar-refractivity contribution < 1.29 is 9.59 Å². The van der Waals surface area contributed by atoms with Crippen molar-refractivity contribution in [3.63, 3.8) is 0 Å². The van der Waals surface area contributed by atoms with Crippen LogP contribution in [-0.4, -0.2) is 21.7 Å². The van der Waals surface area contributed by atoms with Crippen molar-refractivity contribution in [3.05, 3.63) is 59.4 Å². The monoisotopic (exact) mass is 318 g/mol. The van der Waals surface area contributed by atoms with E-state index in [0.29, 0.717) is 23.2 Å². The minimum atomic E-state index is -0.381. The number of aldehydes is 1. The number of hydrogen-bond donors (Lipinski definition) is 1. The van der Waals surface area contributed by atoms with Crippen LogP contribution in [0.4, 0.5) is 0 Å². The average molecular weight is 318 g/mol. The highest BCUT2D eigenvalue weighted by Gasteiger charge is 2.13. The van der Waals surface area contributed by atoms with Gasteiger partial charge in [0.05, 0.1) is 11.6 Å². The van der Waals surface area contributed by atoms with Gasteiger partial charge >= 0.3 is 0 Å². The van der Waals surface area contributed by atoms with Gasteiger partial charge in [-0.15, -0.1) is 0 Å². The summed E-state index contributed by atoms with van der Waals surface area (Å²) in [7, 11) is 0. The number of rotatable bonds is 5. The Kier molecular flexibility index (Phi) is 4.08. The van der Waals surface area contributed by atoms with Crippen molar-refractivity contribution in [1.82, 2.24) is 9.55 Å². The number of hydrogen-bond acceptors (Lipinski definition) is 4. The third-order valence-electron chi connectivity index (χ3n) is 3.76. The van der Waals surface area contributed by atoms with E-state index >= 15 is 0 Å². The Balaban J connectivity index is 2.17. The Morgan fingerprint density at radius 2 is 2.04 bits per heavy atom. The molecule has 2 heterocycles. The molecule has 0 spiro atoms. The molecular formula is C18H14N4O2. The van der Waals surface area contributed by atoms with Gasteiger partial charge in [0, 0.05) is 34.9 Å². The van der Waals surface area contributed by atoms with Gasteiger partial charge in [0.2, 0.25) is 5.91 Å². The standard InChI is InChI=1S/C18H14N4O2/c19-9-12-1-3-15(4-2-12)22-16(5-6-17(20)24)8-14-7-13(11-23)10-21-18(14)22/h1-4,7-8,10-11H,5-6H2,(H2,20,24). The van der Waals surface area contributed by atoms with Gasteiger partial charge in [0.15, 0.2) is 6.29 Å². The zero-order chi connectivity index (χ0) is 17.1. The number of nitriles is 1. The molecule has 2 N–H and O–H groups in total. The van der Waals surface area contributed by atoms with Crippen molar-refractivity contribution >= 4 is 23.2 Å². The van der Waals surface area contributed by atoms with Crippen molar-refractivity contribution in [3.8, 4) is 11.8 Å². The van der Waals surface area contributed by atoms with Gasteiger partial charge in [-0.25, -0.2) is 4.98 Å². The molecule has 24 heavy (non-hydrogen) atoms. The topological polar surface area (TPSA) is 102 Å². The minimum absolute atomic E-state index is 0.215. The maximum atomic E-state index is 11.1. The number of aryl methyl sites for hydroxylation is 1. The maximum Gasteiger partial charge on any atom is 0.217 e. The molecule has 0 aliphatic carbocycles. The Hall–Kier alpha value is -3.46. The molecule has 1 aromatic carbocycles. The highest BCUT2D eigenvalue weighted by atomic mass is 16.1. The number of carbonyl (C=O) groups excluding carboxylic acids is 2. The number of primary amides is 1. The molecular weight excluding hydrogens is 304 g/mol. The highest BCUT2D eigenvalue weighted by Crippen LogP contribution is 2.24. The quantitative estimate of drug-likeness (QED) is 0.728. The summed E-state index contributed by atoms with van der Waals surface area (Å²) in [6, 6.07) is 12.8. The molecule has 6 nitrogen and oxygen atoms in total. The van der Waals surface area contributed by atoms with Crippen LogP contribution in [0.5, 0.6) is 0 Å². The third-order valence-corrected chi connectivity index (χ3v) is 3.76. The molecule has 0 atom stereocenters. The fourth-order valence-corrected chi connectivity index (χ4v) is 2.64. The number of nitrogens with zero attached hydrogens (tertiary/aromatic N) is 3. The molecule has 2 aromatic heterocycles. The molecule has 0 aliphatic rings. The van der Waals surface area contributed by atoms with Gasteiger partial charge in [-0.1, -0.05) is 0 Å². The van der Waals surface area contributed by atoms with Crippen LogP contribution in [0.3, 0.4) is 0 Å². The molecule has 6 heteroatoms. The fraction of sp³-hybridized carbons (Fsp3) is 0.111. The van der Waals surface area contributed by atoms with Crippen molar-refractivity contribution in [1.29, 1.82) is 5.26 Å². The molecule has 0 bridgehead atoms. The third kappa shape index (κ3) is 2.88. The maximum absolute atomic E-state index is 11.1. The molecule has 0 saturated heterocycles. The van der Waals surface area contributed by atoms with Crippen LogP contribution in [0.25, 0.3) is 16.7 Å². The van der Waals surface area contributed by atoms with Crippen LogP contribution in [0.2, 0.25) is 0 Å². The second-order valence-electron chi connectivity index (χ2n) is 5.40. The lowest BCUT2D eigenvalue weighted by Crippen LogP contribution is -2.12. The van der Waals surface area contributed by atoms with Gasteiger partial charge in [-0.3, -0.25) is 14.2 Å². The zero-order valence-corrected chi connectivity index (χ0v) is 12.8.